The first-order valence-electron chi connectivity index (χ1n) is 8.50. The van der Waals surface area contributed by atoms with Crippen LogP contribution in [0, 0.1) is 6.92 Å². The van der Waals surface area contributed by atoms with E-state index in [0.717, 1.165) is 18.4 Å². The quantitative estimate of drug-likeness (QED) is 0.486. The van der Waals surface area contributed by atoms with Crippen molar-refractivity contribution in [3.63, 3.8) is 0 Å². The van der Waals surface area contributed by atoms with Crippen molar-refractivity contribution < 1.29 is 27.5 Å². The molecule has 9 nitrogen and oxygen atoms in total. The average molecular weight is 397 g/mol. The molecule has 2 rings (SSSR count). The molecule has 0 unspecified atom stereocenters. The third kappa shape index (κ3) is 6.99. The fraction of sp³-hybridized carbons (Fsp3) is 0.471. The Kier molecular flexibility index (Phi) is 6.92. The molecule has 0 aliphatic heterocycles. The van der Waals surface area contributed by atoms with Crippen LogP contribution < -0.4 is 15.4 Å². The van der Waals surface area contributed by atoms with Gasteiger partial charge in [-0.2, -0.15) is 0 Å². The van der Waals surface area contributed by atoms with Crippen molar-refractivity contribution in [2.75, 3.05) is 13.1 Å². The average Bonchev–Trinajstić information content (AvgIpc) is 3.42. The van der Waals surface area contributed by atoms with Gasteiger partial charge in [0.1, 0.15) is 6.54 Å². The molecule has 10 heteroatoms. The summed E-state index contributed by atoms with van der Waals surface area (Å²) >= 11 is 0. The van der Waals surface area contributed by atoms with E-state index in [4.69, 9.17) is 4.74 Å². The molecular weight excluding hydrogens is 374 g/mol. The summed E-state index contributed by atoms with van der Waals surface area (Å²) in [5.41, 5.74) is 0.908. The van der Waals surface area contributed by atoms with E-state index < -0.39 is 41.1 Å². The fourth-order valence-corrected chi connectivity index (χ4v) is 3.02. The molecule has 1 aromatic rings. The molecule has 27 heavy (non-hydrogen) atoms. The van der Waals surface area contributed by atoms with Gasteiger partial charge in [0.15, 0.2) is 6.10 Å². The van der Waals surface area contributed by atoms with Crippen LogP contribution in [0.2, 0.25) is 0 Å². The standard InChI is InChI=1S/C17H23N3O6S/c1-11-3-7-14(8-4-11)27(24,25)19-9-15(21)18-10-16(22)26-12(2)17(23)20-13-5-6-13/h3-4,7-8,12-13,19H,5-6,9-10H2,1-2H3,(H,18,21)(H,20,23)/t12-/m1/s1. The van der Waals surface area contributed by atoms with Gasteiger partial charge in [0.25, 0.3) is 5.91 Å². The second-order valence-electron chi connectivity index (χ2n) is 6.33. The number of amides is 2. The van der Waals surface area contributed by atoms with Crippen LogP contribution in [0.1, 0.15) is 25.3 Å². The van der Waals surface area contributed by atoms with E-state index >= 15 is 0 Å². The van der Waals surface area contributed by atoms with Crippen molar-refractivity contribution in [1.29, 1.82) is 0 Å². The number of hydrogen-bond acceptors (Lipinski definition) is 6. The third-order valence-electron chi connectivity index (χ3n) is 3.79. The van der Waals surface area contributed by atoms with E-state index in [2.05, 4.69) is 15.4 Å². The summed E-state index contributed by atoms with van der Waals surface area (Å²) in [6.07, 6.45) is 0.872. The Hall–Kier alpha value is -2.46. The zero-order valence-corrected chi connectivity index (χ0v) is 16.0. The van der Waals surface area contributed by atoms with Crippen molar-refractivity contribution in [2.45, 2.75) is 43.7 Å². The molecule has 1 aliphatic carbocycles. The van der Waals surface area contributed by atoms with Crippen LogP contribution in [0.25, 0.3) is 0 Å². The number of rotatable bonds is 9. The molecule has 1 aliphatic rings. The van der Waals surface area contributed by atoms with Crippen LogP contribution in [-0.2, 0) is 29.1 Å². The van der Waals surface area contributed by atoms with Crippen molar-refractivity contribution in [3.05, 3.63) is 29.8 Å². The van der Waals surface area contributed by atoms with Crippen LogP contribution in [0.5, 0.6) is 0 Å². The Morgan fingerprint density at radius 1 is 1.15 bits per heavy atom. The topological polar surface area (TPSA) is 131 Å². The van der Waals surface area contributed by atoms with Gasteiger partial charge in [0.2, 0.25) is 15.9 Å². The maximum Gasteiger partial charge on any atom is 0.326 e. The molecule has 1 aromatic carbocycles. The van der Waals surface area contributed by atoms with E-state index in [1.165, 1.54) is 19.1 Å². The van der Waals surface area contributed by atoms with Gasteiger partial charge in [0, 0.05) is 6.04 Å². The number of ether oxygens (including phenoxy) is 1. The molecule has 0 spiro atoms. The summed E-state index contributed by atoms with van der Waals surface area (Å²) in [6.45, 7) is 2.27. The minimum absolute atomic E-state index is 0.0378. The lowest BCUT2D eigenvalue weighted by molar-refractivity contribution is -0.154. The monoisotopic (exact) mass is 397 g/mol. The lowest BCUT2D eigenvalue weighted by Crippen LogP contribution is -2.42. The van der Waals surface area contributed by atoms with Crippen LogP contribution >= 0.6 is 0 Å². The van der Waals surface area contributed by atoms with Crippen LogP contribution in [-0.4, -0.2) is 51.4 Å². The molecule has 148 valence electrons. The number of esters is 1. The van der Waals surface area contributed by atoms with Crippen molar-refractivity contribution >= 4 is 27.8 Å². The molecule has 1 fully saturated rings. The van der Waals surface area contributed by atoms with E-state index in [1.807, 2.05) is 6.92 Å². The van der Waals surface area contributed by atoms with Crippen molar-refractivity contribution in [2.24, 2.45) is 0 Å². The van der Waals surface area contributed by atoms with Crippen molar-refractivity contribution in [1.82, 2.24) is 15.4 Å². The molecule has 2 amide bonds. The van der Waals surface area contributed by atoms with Gasteiger partial charge < -0.3 is 15.4 Å². The molecule has 3 N–H and O–H groups in total. The Bertz CT molecular complexity index is 802. The Morgan fingerprint density at radius 2 is 1.78 bits per heavy atom. The van der Waals surface area contributed by atoms with E-state index in [-0.39, 0.29) is 16.8 Å². The molecule has 0 aromatic heterocycles. The number of hydrogen-bond donors (Lipinski definition) is 3. The molecular formula is C17H23N3O6S. The minimum atomic E-state index is -3.83. The van der Waals surface area contributed by atoms with E-state index in [9.17, 15) is 22.8 Å². The maximum absolute atomic E-state index is 12.1. The molecule has 1 saturated carbocycles. The first-order chi connectivity index (χ1) is 12.7. The highest BCUT2D eigenvalue weighted by Crippen LogP contribution is 2.18. The van der Waals surface area contributed by atoms with Crippen LogP contribution in [0.3, 0.4) is 0 Å². The van der Waals surface area contributed by atoms with E-state index in [0.29, 0.717) is 0 Å². The van der Waals surface area contributed by atoms with E-state index in [1.54, 1.807) is 12.1 Å². The Labute approximate surface area is 157 Å². The zero-order chi connectivity index (χ0) is 20.0. The summed E-state index contributed by atoms with van der Waals surface area (Å²) in [7, 11) is -3.83. The fourth-order valence-electron chi connectivity index (χ4n) is 2.03. The highest BCUT2D eigenvalue weighted by atomic mass is 32.2. The highest BCUT2D eigenvalue weighted by Gasteiger charge is 2.27. The molecule has 0 bridgehead atoms. The van der Waals surface area contributed by atoms with Gasteiger partial charge in [-0.25, -0.2) is 13.1 Å². The normalized spacial score (nSPS) is 14.9. The number of carbonyl (C=O) groups excluding carboxylic acids is 3. The SMILES string of the molecule is Cc1ccc(S(=O)(=O)NCC(=O)NCC(=O)O[C@H](C)C(=O)NC2CC2)cc1. The molecule has 0 saturated heterocycles. The first-order valence-corrected chi connectivity index (χ1v) is 9.98. The maximum atomic E-state index is 12.1. The predicted molar refractivity (Wildman–Crippen MR) is 96.1 cm³/mol. The summed E-state index contributed by atoms with van der Waals surface area (Å²) in [6, 6.07) is 6.30. The Balaban J connectivity index is 1.71. The van der Waals surface area contributed by atoms with Crippen LogP contribution in [0.15, 0.2) is 29.2 Å². The number of carbonyl (C=O) groups is 3. The second-order valence-corrected chi connectivity index (χ2v) is 8.10. The highest BCUT2D eigenvalue weighted by molar-refractivity contribution is 7.89. The third-order valence-corrected chi connectivity index (χ3v) is 5.20. The Morgan fingerprint density at radius 3 is 2.37 bits per heavy atom. The lowest BCUT2D eigenvalue weighted by atomic mass is 10.2. The smallest absolute Gasteiger partial charge is 0.326 e. The molecule has 1 atom stereocenters. The number of sulfonamides is 1. The predicted octanol–water partition coefficient (Wildman–Crippen LogP) is -0.400. The van der Waals surface area contributed by atoms with Gasteiger partial charge >= 0.3 is 5.97 Å². The summed E-state index contributed by atoms with van der Waals surface area (Å²) in [4.78, 5) is 35.1. The number of aryl methyl sites for hydroxylation is 1. The summed E-state index contributed by atoms with van der Waals surface area (Å²) in [5.74, 6) is -1.87. The summed E-state index contributed by atoms with van der Waals surface area (Å²) in [5, 5.41) is 4.94. The molecule has 0 radical (unpaired) electrons. The summed E-state index contributed by atoms with van der Waals surface area (Å²) < 4.78 is 31.2. The first kappa shape index (κ1) is 20.8. The largest absolute Gasteiger partial charge is 0.451 e. The zero-order valence-electron chi connectivity index (χ0n) is 15.2. The lowest BCUT2D eigenvalue weighted by Gasteiger charge is -2.13. The second kappa shape index (κ2) is 8.96. The van der Waals surface area contributed by atoms with Gasteiger partial charge in [0.05, 0.1) is 11.4 Å². The van der Waals surface area contributed by atoms with Gasteiger partial charge in [-0.15, -0.1) is 0 Å². The van der Waals surface area contributed by atoms with Gasteiger partial charge in [-0.3, -0.25) is 14.4 Å². The van der Waals surface area contributed by atoms with Gasteiger partial charge in [-0.05, 0) is 38.8 Å². The number of nitrogens with one attached hydrogen (secondary N) is 3. The van der Waals surface area contributed by atoms with Gasteiger partial charge in [-0.1, -0.05) is 17.7 Å². The van der Waals surface area contributed by atoms with Crippen LogP contribution in [0.4, 0.5) is 0 Å². The minimum Gasteiger partial charge on any atom is -0.451 e. The molecule has 0 heterocycles. The van der Waals surface area contributed by atoms with Crippen molar-refractivity contribution in [3.8, 4) is 0 Å². The number of benzene rings is 1.